The summed E-state index contributed by atoms with van der Waals surface area (Å²) in [5, 5.41) is 3.28. The van der Waals surface area contributed by atoms with Crippen molar-refractivity contribution in [3.63, 3.8) is 0 Å². The van der Waals surface area contributed by atoms with Gasteiger partial charge in [0.05, 0.1) is 0 Å². The van der Waals surface area contributed by atoms with E-state index in [0.29, 0.717) is 5.69 Å². The average molecular weight is 438 g/mol. The summed E-state index contributed by atoms with van der Waals surface area (Å²) < 4.78 is 6.57. The maximum atomic E-state index is 11.3. The number of allylic oxidation sites excluding steroid dienone is 6. The van der Waals surface area contributed by atoms with Gasteiger partial charge in [0.15, 0.2) is 0 Å². The van der Waals surface area contributed by atoms with E-state index in [1.807, 2.05) is 20.8 Å². The Morgan fingerprint density at radius 2 is 1.50 bits per heavy atom. The predicted molar refractivity (Wildman–Crippen MR) is 138 cm³/mol. The average Bonchev–Trinajstić information content (AvgIpc) is 2.72. The van der Waals surface area contributed by atoms with Crippen LogP contribution in [0.2, 0.25) is 0 Å². The van der Waals surface area contributed by atoms with Crippen LogP contribution < -0.4 is 4.74 Å². The first-order valence-corrected chi connectivity index (χ1v) is 12.2. The number of benzene rings is 1. The second-order valence-electron chi connectivity index (χ2n) is 10.2. The second-order valence-corrected chi connectivity index (χ2v) is 10.2. The smallest absolute Gasteiger partial charge is 0.126 e. The molecule has 0 amide bonds. The van der Waals surface area contributed by atoms with Crippen molar-refractivity contribution >= 4 is 5.69 Å². The fourth-order valence-corrected chi connectivity index (χ4v) is 4.57. The molecule has 2 rings (SSSR count). The predicted octanol–water partition coefficient (Wildman–Crippen LogP) is 9.29. The number of hydrogen-bond donors (Lipinski definition) is 0. The van der Waals surface area contributed by atoms with Crippen LogP contribution in [0.25, 0.3) is 0 Å². The molecule has 0 aromatic heterocycles. The molecule has 0 spiro atoms. The quantitative estimate of drug-likeness (QED) is 0.270. The first-order valence-electron chi connectivity index (χ1n) is 12.2. The van der Waals surface area contributed by atoms with Crippen molar-refractivity contribution in [2.45, 2.75) is 112 Å². The highest BCUT2D eigenvalue weighted by atomic mass is 16.5. The topological polar surface area (TPSA) is 38.7 Å². The zero-order valence-corrected chi connectivity index (χ0v) is 21.7. The molecule has 3 nitrogen and oxygen atoms in total. The minimum absolute atomic E-state index is 0.162. The minimum atomic E-state index is -0.162. The molecule has 0 fully saturated rings. The maximum Gasteiger partial charge on any atom is 0.126 e. The molecule has 1 aromatic carbocycles. The molecule has 0 unspecified atom stereocenters. The Morgan fingerprint density at radius 1 is 0.906 bits per heavy atom. The molecule has 0 saturated carbocycles. The molecule has 0 radical (unpaired) electrons. The largest absolute Gasteiger partial charge is 0.487 e. The van der Waals surface area contributed by atoms with Crippen LogP contribution in [0.5, 0.6) is 5.75 Å². The van der Waals surface area contributed by atoms with E-state index in [1.54, 1.807) is 0 Å². The van der Waals surface area contributed by atoms with E-state index >= 15 is 0 Å². The first kappa shape index (κ1) is 26.1. The van der Waals surface area contributed by atoms with Crippen LogP contribution in [0.15, 0.2) is 40.1 Å². The van der Waals surface area contributed by atoms with Gasteiger partial charge < -0.3 is 4.74 Å². The Balaban J connectivity index is 1.91. The Labute approximate surface area is 196 Å². The summed E-state index contributed by atoms with van der Waals surface area (Å²) in [7, 11) is 0. The van der Waals surface area contributed by atoms with Crippen LogP contribution in [-0.4, -0.2) is 5.60 Å². The van der Waals surface area contributed by atoms with Gasteiger partial charge in [-0.05, 0) is 134 Å². The van der Waals surface area contributed by atoms with Crippen LogP contribution >= 0.6 is 0 Å². The summed E-state index contributed by atoms with van der Waals surface area (Å²) in [6.07, 6.45) is 15.6. The van der Waals surface area contributed by atoms with Gasteiger partial charge in [-0.3, -0.25) is 0 Å². The van der Waals surface area contributed by atoms with E-state index in [4.69, 9.17) is 4.74 Å². The van der Waals surface area contributed by atoms with E-state index in [1.165, 1.54) is 22.3 Å². The monoisotopic (exact) mass is 437 g/mol. The molecule has 1 aliphatic rings. The molecular formula is C29H43NO2. The molecule has 1 heterocycles. The van der Waals surface area contributed by atoms with Crippen molar-refractivity contribution in [2.24, 2.45) is 5.18 Å². The highest BCUT2D eigenvalue weighted by Gasteiger charge is 2.34. The number of rotatable bonds is 10. The van der Waals surface area contributed by atoms with Gasteiger partial charge in [-0.25, -0.2) is 0 Å². The lowest BCUT2D eigenvalue weighted by Gasteiger charge is -2.38. The first-order chi connectivity index (χ1) is 15.1. The Hall–Kier alpha value is -2.16. The molecule has 0 bridgehead atoms. The van der Waals surface area contributed by atoms with Gasteiger partial charge in [0.1, 0.15) is 17.0 Å². The SMILES string of the molecule is CC(C)=CCC/C(C)=C/CC/C(C)=C/CC[C@]1(C)CCc2c(C)c(N=O)c(C)c(C)c2O1. The van der Waals surface area contributed by atoms with Crippen molar-refractivity contribution in [2.75, 3.05) is 0 Å². The van der Waals surface area contributed by atoms with Crippen LogP contribution in [0.4, 0.5) is 5.69 Å². The van der Waals surface area contributed by atoms with Gasteiger partial charge in [0.25, 0.3) is 0 Å². The lowest BCUT2D eigenvalue weighted by molar-refractivity contribution is 0.0560. The van der Waals surface area contributed by atoms with Crippen molar-refractivity contribution in [1.82, 2.24) is 0 Å². The highest BCUT2D eigenvalue weighted by molar-refractivity contribution is 5.65. The van der Waals surface area contributed by atoms with Crippen molar-refractivity contribution in [3.05, 3.63) is 62.1 Å². The molecule has 32 heavy (non-hydrogen) atoms. The highest BCUT2D eigenvalue weighted by Crippen LogP contribution is 2.44. The molecule has 0 aliphatic carbocycles. The summed E-state index contributed by atoms with van der Waals surface area (Å²) in [6, 6.07) is 0. The molecular weight excluding hydrogens is 394 g/mol. The van der Waals surface area contributed by atoms with E-state index in [2.05, 4.69) is 58.0 Å². The molecule has 3 heteroatoms. The lowest BCUT2D eigenvalue weighted by atomic mass is 9.84. The zero-order chi connectivity index (χ0) is 23.9. The molecule has 1 aliphatic heterocycles. The van der Waals surface area contributed by atoms with Gasteiger partial charge in [-0.1, -0.05) is 34.9 Å². The number of hydrogen-bond acceptors (Lipinski definition) is 3. The van der Waals surface area contributed by atoms with Gasteiger partial charge in [-0.2, -0.15) is 0 Å². The van der Waals surface area contributed by atoms with Crippen LogP contribution in [0.1, 0.15) is 102 Å². The number of nitrogens with zero attached hydrogens (tertiary/aromatic N) is 1. The summed E-state index contributed by atoms with van der Waals surface area (Å²) in [5.41, 5.74) is 8.94. The van der Waals surface area contributed by atoms with Crippen molar-refractivity contribution < 1.29 is 4.74 Å². The summed E-state index contributed by atoms with van der Waals surface area (Å²) in [4.78, 5) is 11.3. The van der Waals surface area contributed by atoms with E-state index < -0.39 is 0 Å². The molecule has 176 valence electrons. The van der Waals surface area contributed by atoms with E-state index in [-0.39, 0.29) is 5.60 Å². The van der Waals surface area contributed by atoms with Gasteiger partial charge >= 0.3 is 0 Å². The van der Waals surface area contributed by atoms with Crippen molar-refractivity contribution in [1.29, 1.82) is 0 Å². The zero-order valence-electron chi connectivity index (χ0n) is 21.7. The van der Waals surface area contributed by atoms with Crippen molar-refractivity contribution in [3.8, 4) is 5.75 Å². The molecule has 1 aromatic rings. The summed E-state index contributed by atoms with van der Waals surface area (Å²) in [6.45, 7) is 17.1. The summed E-state index contributed by atoms with van der Waals surface area (Å²) in [5.74, 6) is 0.982. The Morgan fingerprint density at radius 3 is 2.09 bits per heavy atom. The summed E-state index contributed by atoms with van der Waals surface area (Å²) >= 11 is 0. The standard InChI is InChI=1S/C29H43NO2/c1-20(2)12-9-13-21(3)14-10-15-22(4)16-11-18-29(8)19-17-26-25(7)27(30-31)23(5)24(6)28(26)32-29/h12,14,16H,9-11,13,15,17-19H2,1-8H3/b21-14+,22-16+/t29-/m1/s1. The van der Waals surface area contributed by atoms with E-state index in [0.717, 1.165) is 73.8 Å². The normalized spacial score (nSPS) is 18.8. The fourth-order valence-electron chi connectivity index (χ4n) is 4.57. The second kappa shape index (κ2) is 11.6. The molecule has 1 atom stereocenters. The van der Waals surface area contributed by atoms with Gasteiger partial charge in [0.2, 0.25) is 0 Å². The lowest BCUT2D eigenvalue weighted by Crippen LogP contribution is -2.37. The number of nitroso groups, excluding NO2 is 1. The van der Waals surface area contributed by atoms with Crippen LogP contribution in [-0.2, 0) is 6.42 Å². The van der Waals surface area contributed by atoms with Crippen LogP contribution in [0, 0.1) is 25.7 Å². The third-order valence-electron chi connectivity index (χ3n) is 6.97. The maximum absolute atomic E-state index is 11.3. The third kappa shape index (κ3) is 6.92. The Bertz CT molecular complexity index is 916. The molecule has 0 N–H and O–H groups in total. The Kier molecular flexibility index (Phi) is 9.48. The van der Waals surface area contributed by atoms with Crippen LogP contribution in [0.3, 0.4) is 0 Å². The number of ether oxygens (including phenoxy) is 1. The van der Waals surface area contributed by atoms with Gasteiger partial charge in [-0.15, -0.1) is 4.91 Å². The minimum Gasteiger partial charge on any atom is -0.487 e. The number of fused-ring (bicyclic) bond motifs is 1. The van der Waals surface area contributed by atoms with E-state index in [9.17, 15) is 4.91 Å². The molecule has 0 saturated heterocycles. The fraction of sp³-hybridized carbons (Fsp3) is 0.586. The van der Waals surface area contributed by atoms with Gasteiger partial charge in [0, 0.05) is 0 Å². The third-order valence-corrected chi connectivity index (χ3v) is 6.97.